The molecule has 0 unspecified atom stereocenters. The molecule has 0 rings (SSSR count). The summed E-state index contributed by atoms with van der Waals surface area (Å²) < 4.78 is 0. The molecule has 0 amide bonds. The highest BCUT2D eigenvalue weighted by atomic mass is 16.3. The van der Waals surface area contributed by atoms with E-state index in [0.717, 1.165) is 12.8 Å². The third-order valence-corrected chi connectivity index (χ3v) is 0.832. The monoisotopic (exact) mass is 112 g/mol. The van der Waals surface area contributed by atoms with Gasteiger partial charge in [-0.25, -0.2) is 0 Å². The molecule has 0 spiro atoms. The number of aliphatic hydroxyl groups excluding tert-OH is 1. The van der Waals surface area contributed by atoms with E-state index < -0.39 is 6.10 Å². The fraction of sp³-hybridized carbons (Fsp3) is 0.714. The van der Waals surface area contributed by atoms with Crippen LogP contribution in [0.5, 0.6) is 0 Å². The van der Waals surface area contributed by atoms with Crippen molar-refractivity contribution in [3.05, 3.63) is 0 Å². The molecule has 0 aliphatic rings. The number of hydrogen-bond donors (Lipinski definition) is 1. The smallest absolute Gasteiger partial charge is 0.114 e. The van der Waals surface area contributed by atoms with Crippen molar-refractivity contribution in [3.8, 4) is 11.8 Å². The van der Waals surface area contributed by atoms with E-state index in [1.807, 2.05) is 13.8 Å². The van der Waals surface area contributed by atoms with Crippen LogP contribution in [0.3, 0.4) is 0 Å². The summed E-state index contributed by atoms with van der Waals surface area (Å²) in [6.07, 6.45) is 1.15. The minimum Gasteiger partial charge on any atom is -0.380 e. The van der Waals surface area contributed by atoms with E-state index in [2.05, 4.69) is 11.8 Å². The van der Waals surface area contributed by atoms with Crippen LogP contribution < -0.4 is 0 Å². The predicted molar refractivity (Wildman–Crippen MR) is 34.4 cm³/mol. The van der Waals surface area contributed by atoms with Crippen LogP contribution >= 0.6 is 0 Å². The zero-order chi connectivity index (χ0) is 6.41. The second-order valence-corrected chi connectivity index (χ2v) is 1.60. The molecule has 0 saturated carbocycles. The van der Waals surface area contributed by atoms with Crippen molar-refractivity contribution in [2.45, 2.75) is 32.8 Å². The average molecular weight is 112 g/mol. The van der Waals surface area contributed by atoms with E-state index in [4.69, 9.17) is 5.11 Å². The van der Waals surface area contributed by atoms with Crippen molar-refractivity contribution in [2.75, 3.05) is 0 Å². The molecule has 0 saturated heterocycles. The second kappa shape index (κ2) is 4.67. The predicted octanol–water partition coefficient (Wildman–Crippen LogP) is 1.17. The zero-order valence-electron chi connectivity index (χ0n) is 5.44. The summed E-state index contributed by atoms with van der Waals surface area (Å²) in [4.78, 5) is 0. The third-order valence-electron chi connectivity index (χ3n) is 0.832. The minimum absolute atomic E-state index is 0.407. The maximum absolute atomic E-state index is 8.82. The van der Waals surface area contributed by atoms with Gasteiger partial charge in [0, 0.05) is 6.42 Å². The first-order valence-corrected chi connectivity index (χ1v) is 2.97. The maximum atomic E-state index is 8.82. The van der Waals surface area contributed by atoms with E-state index >= 15 is 0 Å². The van der Waals surface area contributed by atoms with Crippen molar-refractivity contribution in [1.29, 1.82) is 0 Å². The normalized spacial score (nSPS) is 11.9. The van der Waals surface area contributed by atoms with E-state index in [-0.39, 0.29) is 0 Å². The summed E-state index contributed by atoms with van der Waals surface area (Å²) in [5.41, 5.74) is 0. The molecule has 0 bridgehead atoms. The lowest BCUT2D eigenvalue weighted by molar-refractivity contribution is 0.228. The highest BCUT2D eigenvalue weighted by Gasteiger charge is 1.88. The van der Waals surface area contributed by atoms with Crippen LogP contribution in [-0.4, -0.2) is 11.2 Å². The zero-order valence-corrected chi connectivity index (χ0v) is 5.44. The van der Waals surface area contributed by atoms with Crippen molar-refractivity contribution in [2.24, 2.45) is 0 Å². The molecule has 1 atom stereocenters. The van der Waals surface area contributed by atoms with Crippen molar-refractivity contribution in [3.63, 3.8) is 0 Å². The van der Waals surface area contributed by atoms with Gasteiger partial charge in [-0.05, 0) is 6.42 Å². The summed E-state index contributed by atoms with van der Waals surface area (Å²) in [5.74, 6) is 5.49. The van der Waals surface area contributed by atoms with Crippen LogP contribution in [0.2, 0.25) is 0 Å². The molecule has 0 aromatic rings. The maximum Gasteiger partial charge on any atom is 0.114 e. The number of aliphatic hydroxyl groups is 1. The Morgan fingerprint density at radius 3 is 2.50 bits per heavy atom. The Bertz CT molecular complexity index is 96.7. The lowest BCUT2D eigenvalue weighted by atomic mass is 10.3. The quantitative estimate of drug-likeness (QED) is 0.505. The second-order valence-electron chi connectivity index (χ2n) is 1.60. The molecule has 1 nitrogen and oxygen atoms in total. The van der Waals surface area contributed by atoms with Gasteiger partial charge in [-0.3, -0.25) is 0 Å². The topological polar surface area (TPSA) is 20.2 Å². The molecule has 0 heterocycles. The Morgan fingerprint density at radius 1 is 1.50 bits per heavy atom. The van der Waals surface area contributed by atoms with Gasteiger partial charge in [0.15, 0.2) is 0 Å². The van der Waals surface area contributed by atoms with E-state index in [1.165, 1.54) is 0 Å². The SMILES string of the molecule is CCC#C[C@H](O)CC. The molecule has 1 heteroatoms. The molecule has 0 fully saturated rings. The molecule has 0 aliphatic carbocycles. The Morgan fingerprint density at radius 2 is 2.12 bits per heavy atom. The van der Waals surface area contributed by atoms with Crippen molar-refractivity contribution >= 4 is 0 Å². The van der Waals surface area contributed by atoms with Crippen molar-refractivity contribution < 1.29 is 5.11 Å². The van der Waals surface area contributed by atoms with Crippen LogP contribution in [-0.2, 0) is 0 Å². The van der Waals surface area contributed by atoms with Gasteiger partial charge in [0.25, 0.3) is 0 Å². The minimum atomic E-state index is -0.407. The molecule has 46 valence electrons. The van der Waals surface area contributed by atoms with Gasteiger partial charge in [-0.15, -0.1) is 5.92 Å². The molecular weight excluding hydrogens is 100 g/mol. The molecular formula is C7H12O. The molecule has 0 aromatic heterocycles. The van der Waals surface area contributed by atoms with Crippen LogP contribution in [0.15, 0.2) is 0 Å². The Hall–Kier alpha value is -0.480. The van der Waals surface area contributed by atoms with Crippen LogP contribution in [0.1, 0.15) is 26.7 Å². The molecule has 1 N–H and O–H groups in total. The highest BCUT2D eigenvalue weighted by Crippen LogP contribution is 1.84. The van der Waals surface area contributed by atoms with Gasteiger partial charge >= 0.3 is 0 Å². The van der Waals surface area contributed by atoms with E-state index in [9.17, 15) is 0 Å². The Labute approximate surface area is 50.7 Å². The van der Waals surface area contributed by atoms with E-state index in [0.29, 0.717) is 0 Å². The Balaban J connectivity index is 3.35. The van der Waals surface area contributed by atoms with Gasteiger partial charge in [0.05, 0.1) is 0 Å². The van der Waals surface area contributed by atoms with Crippen LogP contribution in [0, 0.1) is 11.8 Å². The van der Waals surface area contributed by atoms with Crippen LogP contribution in [0.4, 0.5) is 0 Å². The molecule has 8 heavy (non-hydrogen) atoms. The first-order valence-electron chi connectivity index (χ1n) is 2.97. The first kappa shape index (κ1) is 7.52. The number of hydrogen-bond acceptors (Lipinski definition) is 1. The molecule has 0 radical (unpaired) electrons. The summed E-state index contributed by atoms with van der Waals surface area (Å²) in [6.45, 7) is 3.88. The van der Waals surface area contributed by atoms with Gasteiger partial charge in [0.2, 0.25) is 0 Å². The first-order chi connectivity index (χ1) is 3.81. The van der Waals surface area contributed by atoms with Gasteiger partial charge in [-0.1, -0.05) is 19.8 Å². The molecule has 0 aromatic carbocycles. The fourth-order valence-electron chi connectivity index (χ4n) is 0.322. The largest absolute Gasteiger partial charge is 0.380 e. The van der Waals surface area contributed by atoms with E-state index in [1.54, 1.807) is 0 Å². The fourth-order valence-corrected chi connectivity index (χ4v) is 0.322. The summed E-state index contributed by atoms with van der Waals surface area (Å²) in [7, 11) is 0. The average Bonchev–Trinajstić information content (AvgIpc) is 1.83. The van der Waals surface area contributed by atoms with Crippen molar-refractivity contribution in [1.82, 2.24) is 0 Å². The Kier molecular flexibility index (Phi) is 4.39. The van der Waals surface area contributed by atoms with Gasteiger partial charge in [-0.2, -0.15) is 0 Å². The molecule has 0 aliphatic heterocycles. The third kappa shape index (κ3) is 3.70. The number of rotatable bonds is 1. The van der Waals surface area contributed by atoms with Gasteiger partial charge in [0.1, 0.15) is 6.10 Å². The highest BCUT2D eigenvalue weighted by molar-refractivity contribution is 5.03. The summed E-state index contributed by atoms with van der Waals surface area (Å²) >= 11 is 0. The standard InChI is InChI=1S/C7H12O/c1-3-5-6-7(8)4-2/h7-8H,3-4H2,1-2H3/t7-/m1/s1. The lowest BCUT2D eigenvalue weighted by Gasteiger charge is -1.92. The summed E-state index contributed by atoms with van der Waals surface area (Å²) in [5, 5.41) is 8.82. The van der Waals surface area contributed by atoms with Crippen LogP contribution in [0.25, 0.3) is 0 Å². The lowest BCUT2D eigenvalue weighted by Crippen LogP contribution is -1.98. The van der Waals surface area contributed by atoms with Gasteiger partial charge < -0.3 is 5.11 Å². The summed E-state index contributed by atoms with van der Waals surface area (Å²) in [6, 6.07) is 0.